The molecule has 1 aromatic carbocycles. The molecule has 1 aromatic heterocycles. The van der Waals surface area contributed by atoms with Crippen LogP contribution in [0.25, 0.3) is 0 Å². The van der Waals surface area contributed by atoms with Crippen LogP contribution in [0.3, 0.4) is 0 Å². The molecule has 1 N–H and O–H groups in total. The summed E-state index contributed by atoms with van der Waals surface area (Å²) in [6, 6.07) is 11.5. The monoisotopic (exact) mass is 387 g/mol. The van der Waals surface area contributed by atoms with Gasteiger partial charge in [0.25, 0.3) is 5.91 Å². The predicted molar refractivity (Wildman–Crippen MR) is 82.2 cm³/mol. The molecule has 94 valence electrons. The summed E-state index contributed by atoms with van der Waals surface area (Å²) in [5.41, 5.74) is 0.671. The van der Waals surface area contributed by atoms with Crippen LogP contribution in [0, 0.1) is 0 Å². The highest BCUT2D eigenvalue weighted by Gasteiger charge is 2.08. The van der Waals surface area contributed by atoms with Gasteiger partial charge in [0.1, 0.15) is 0 Å². The number of carbonyl (C=O) groups excluding carboxylic acids is 1. The minimum Gasteiger partial charge on any atom is -0.352 e. The number of benzene rings is 1. The third-order valence-electron chi connectivity index (χ3n) is 2.40. The van der Waals surface area contributed by atoms with E-state index in [0.717, 1.165) is 14.7 Å². The Balaban J connectivity index is 1.87. The van der Waals surface area contributed by atoms with Crippen LogP contribution in [0.15, 0.2) is 44.7 Å². The number of nitrogens with one attached hydrogen (secondary N) is 1. The van der Waals surface area contributed by atoms with Gasteiger partial charge < -0.3 is 5.32 Å². The van der Waals surface area contributed by atoms with Gasteiger partial charge in [0.15, 0.2) is 0 Å². The minimum atomic E-state index is -0.0434. The Labute approximate surface area is 127 Å². The van der Waals surface area contributed by atoms with E-state index in [1.165, 1.54) is 4.88 Å². The van der Waals surface area contributed by atoms with Gasteiger partial charge in [-0.3, -0.25) is 4.79 Å². The molecular formula is C13H11Br2NOS. The van der Waals surface area contributed by atoms with Gasteiger partial charge in [-0.15, -0.1) is 11.3 Å². The van der Waals surface area contributed by atoms with Crippen LogP contribution in [0.1, 0.15) is 15.2 Å². The number of hydrogen-bond acceptors (Lipinski definition) is 2. The summed E-state index contributed by atoms with van der Waals surface area (Å²) in [5, 5.41) is 2.92. The van der Waals surface area contributed by atoms with Gasteiger partial charge in [0.2, 0.25) is 0 Å². The van der Waals surface area contributed by atoms with Crippen molar-refractivity contribution in [3.05, 3.63) is 55.1 Å². The van der Waals surface area contributed by atoms with Gasteiger partial charge in [-0.2, -0.15) is 0 Å². The molecule has 0 aliphatic heterocycles. The predicted octanol–water partition coefficient (Wildman–Crippen LogP) is 4.25. The fraction of sp³-hybridized carbons (Fsp3) is 0.154. The Morgan fingerprint density at radius 3 is 2.61 bits per heavy atom. The number of hydrogen-bond donors (Lipinski definition) is 1. The molecule has 2 aromatic rings. The first-order valence-electron chi connectivity index (χ1n) is 5.44. The molecule has 0 spiro atoms. The number of amides is 1. The molecule has 2 rings (SSSR count). The lowest BCUT2D eigenvalue weighted by Crippen LogP contribution is -2.25. The molecule has 2 nitrogen and oxygen atoms in total. The molecule has 5 heteroatoms. The minimum absolute atomic E-state index is 0.0434. The Bertz CT molecular complexity index is 553. The van der Waals surface area contributed by atoms with Gasteiger partial charge >= 0.3 is 0 Å². The molecule has 0 aliphatic carbocycles. The number of carbonyl (C=O) groups is 1. The van der Waals surface area contributed by atoms with Crippen LogP contribution >= 0.6 is 43.2 Å². The summed E-state index contributed by atoms with van der Waals surface area (Å²) in [4.78, 5) is 13.2. The van der Waals surface area contributed by atoms with E-state index in [4.69, 9.17) is 0 Å². The van der Waals surface area contributed by atoms with Crippen molar-refractivity contribution in [2.24, 2.45) is 0 Å². The molecule has 0 atom stereocenters. The van der Waals surface area contributed by atoms with E-state index in [2.05, 4.69) is 43.2 Å². The smallest absolute Gasteiger partial charge is 0.252 e. The maximum absolute atomic E-state index is 11.9. The zero-order valence-corrected chi connectivity index (χ0v) is 13.4. The summed E-state index contributed by atoms with van der Waals surface area (Å²) in [6.45, 7) is 0.646. The van der Waals surface area contributed by atoms with Gasteiger partial charge in [0, 0.05) is 15.9 Å². The van der Waals surface area contributed by atoms with Crippen molar-refractivity contribution in [1.82, 2.24) is 5.32 Å². The first kappa shape index (κ1) is 13.8. The topological polar surface area (TPSA) is 29.1 Å². The lowest BCUT2D eigenvalue weighted by molar-refractivity contribution is 0.0953. The van der Waals surface area contributed by atoms with E-state index in [1.807, 2.05) is 24.3 Å². The Morgan fingerprint density at radius 2 is 1.94 bits per heavy atom. The summed E-state index contributed by atoms with van der Waals surface area (Å²) in [6.07, 6.45) is 0.854. The molecule has 1 heterocycles. The van der Waals surface area contributed by atoms with Crippen molar-refractivity contribution < 1.29 is 4.79 Å². The average Bonchev–Trinajstić information content (AvgIpc) is 2.75. The molecule has 0 fully saturated rings. The Morgan fingerprint density at radius 1 is 1.17 bits per heavy atom. The highest BCUT2D eigenvalue weighted by molar-refractivity contribution is 9.11. The maximum atomic E-state index is 11.9. The fourth-order valence-electron chi connectivity index (χ4n) is 1.53. The second kappa shape index (κ2) is 6.50. The second-order valence-corrected chi connectivity index (χ2v) is 7.09. The van der Waals surface area contributed by atoms with E-state index in [-0.39, 0.29) is 5.91 Å². The van der Waals surface area contributed by atoms with Crippen molar-refractivity contribution in [3.63, 3.8) is 0 Å². The van der Waals surface area contributed by atoms with Gasteiger partial charge in [0.05, 0.1) is 9.35 Å². The van der Waals surface area contributed by atoms with E-state index >= 15 is 0 Å². The fourth-order valence-corrected chi connectivity index (χ4v) is 3.47. The highest BCUT2D eigenvalue weighted by Crippen LogP contribution is 2.22. The van der Waals surface area contributed by atoms with Gasteiger partial charge in [-0.1, -0.05) is 12.1 Å². The van der Waals surface area contributed by atoms with Gasteiger partial charge in [-0.05, 0) is 62.5 Å². The SMILES string of the molecule is O=C(NCCc1ccc(Br)s1)c1ccccc1Br. The zero-order chi connectivity index (χ0) is 13.0. The molecule has 18 heavy (non-hydrogen) atoms. The van der Waals surface area contributed by atoms with Crippen molar-refractivity contribution in [1.29, 1.82) is 0 Å². The van der Waals surface area contributed by atoms with Gasteiger partial charge in [-0.25, -0.2) is 0 Å². The maximum Gasteiger partial charge on any atom is 0.252 e. The van der Waals surface area contributed by atoms with Crippen LogP contribution in [-0.4, -0.2) is 12.5 Å². The molecule has 0 radical (unpaired) electrons. The third-order valence-corrected chi connectivity index (χ3v) is 4.78. The standard InChI is InChI=1S/C13H11Br2NOS/c14-11-4-2-1-3-10(11)13(17)16-8-7-9-5-6-12(15)18-9/h1-6H,7-8H2,(H,16,17). The first-order valence-corrected chi connectivity index (χ1v) is 7.84. The van der Waals surface area contributed by atoms with Crippen molar-refractivity contribution in [3.8, 4) is 0 Å². The molecular weight excluding hydrogens is 378 g/mol. The van der Waals surface area contributed by atoms with Crippen molar-refractivity contribution in [2.75, 3.05) is 6.54 Å². The van der Waals surface area contributed by atoms with E-state index in [0.29, 0.717) is 12.1 Å². The molecule has 0 bridgehead atoms. The molecule has 0 saturated carbocycles. The zero-order valence-electron chi connectivity index (χ0n) is 9.45. The van der Waals surface area contributed by atoms with Crippen LogP contribution in [0.5, 0.6) is 0 Å². The highest BCUT2D eigenvalue weighted by atomic mass is 79.9. The van der Waals surface area contributed by atoms with E-state index < -0.39 is 0 Å². The van der Waals surface area contributed by atoms with E-state index in [1.54, 1.807) is 17.4 Å². The quantitative estimate of drug-likeness (QED) is 0.833. The number of halogens is 2. The van der Waals surface area contributed by atoms with E-state index in [9.17, 15) is 4.79 Å². The van der Waals surface area contributed by atoms with Crippen molar-refractivity contribution >= 4 is 49.1 Å². The van der Waals surface area contributed by atoms with Crippen LogP contribution in [0.4, 0.5) is 0 Å². The molecule has 1 amide bonds. The van der Waals surface area contributed by atoms with Crippen LogP contribution in [0.2, 0.25) is 0 Å². The Hall–Kier alpha value is -0.650. The molecule has 0 saturated heterocycles. The molecule has 0 aliphatic rings. The average molecular weight is 389 g/mol. The number of thiophene rings is 1. The lowest BCUT2D eigenvalue weighted by atomic mass is 10.2. The summed E-state index contributed by atoms with van der Waals surface area (Å²) in [5.74, 6) is -0.0434. The van der Waals surface area contributed by atoms with Crippen LogP contribution < -0.4 is 5.32 Å². The Kier molecular flexibility index (Phi) is 4.97. The van der Waals surface area contributed by atoms with Crippen LogP contribution in [-0.2, 0) is 6.42 Å². The summed E-state index contributed by atoms with van der Waals surface area (Å²) < 4.78 is 1.94. The second-order valence-electron chi connectivity index (χ2n) is 3.69. The normalized spacial score (nSPS) is 10.3. The van der Waals surface area contributed by atoms with Crippen molar-refractivity contribution in [2.45, 2.75) is 6.42 Å². The largest absolute Gasteiger partial charge is 0.352 e. The lowest BCUT2D eigenvalue weighted by Gasteiger charge is -2.05. The first-order chi connectivity index (χ1) is 8.66. The number of rotatable bonds is 4. The third kappa shape index (κ3) is 3.67. The summed E-state index contributed by atoms with van der Waals surface area (Å²) >= 11 is 8.49. The summed E-state index contributed by atoms with van der Waals surface area (Å²) in [7, 11) is 0. The molecule has 0 unspecified atom stereocenters.